The zero-order valence-electron chi connectivity index (χ0n) is 12.1. The number of hydrogen-bond donors (Lipinski definition) is 0. The van der Waals surface area contributed by atoms with Gasteiger partial charge >= 0.3 is 0 Å². The Kier molecular flexibility index (Phi) is 2.80. The lowest BCUT2D eigenvalue weighted by Crippen LogP contribution is -2.52. The van der Waals surface area contributed by atoms with Gasteiger partial charge in [0, 0.05) is 12.6 Å². The van der Waals surface area contributed by atoms with Gasteiger partial charge in [0.1, 0.15) is 12.7 Å². The number of carbonyl (C=O) groups is 1. The fraction of sp³-hybridized carbons (Fsp3) is 0.438. The molecule has 5 heteroatoms. The van der Waals surface area contributed by atoms with Crippen LogP contribution in [0.3, 0.4) is 0 Å². The number of rotatable bonds is 3. The van der Waals surface area contributed by atoms with Gasteiger partial charge in [-0.1, -0.05) is 11.6 Å². The SMILES string of the molecule is Cc1ccc(-n2cnnc2)c(C(=O)N2CCC2C2CC2)c1. The van der Waals surface area contributed by atoms with Crippen LogP contribution in [0.5, 0.6) is 0 Å². The Balaban J connectivity index is 1.70. The van der Waals surface area contributed by atoms with Gasteiger partial charge in [-0.25, -0.2) is 0 Å². The van der Waals surface area contributed by atoms with Gasteiger partial charge in [-0.3, -0.25) is 9.36 Å². The highest BCUT2D eigenvalue weighted by molar-refractivity contribution is 5.98. The summed E-state index contributed by atoms with van der Waals surface area (Å²) in [6.07, 6.45) is 6.98. The third-order valence-corrected chi connectivity index (χ3v) is 4.57. The average Bonchev–Trinajstić information content (AvgIpc) is 3.10. The lowest BCUT2D eigenvalue weighted by molar-refractivity contribution is 0.0412. The van der Waals surface area contributed by atoms with E-state index < -0.39 is 0 Å². The molecule has 1 aromatic heterocycles. The first kappa shape index (κ1) is 12.6. The van der Waals surface area contributed by atoms with Crippen molar-refractivity contribution >= 4 is 5.91 Å². The highest BCUT2D eigenvalue weighted by Crippen LogP contribution is 2.41. The average molecular weight is 282 g/mol. The molecule has 0 spiro atoms. The van der Waals surface area contributed by atoms with E-state index >= 15 is 0 Å². The number of hydrogen-bond acceptors (Lipinski definition) is 3. The molecule has 5 nitrogen and oxygen atoms in total. The smallest absolute Gasteiger partial charge is 0.256 e. The molecule has 0 N–H and O–H groups in total. The molecule has 1 aliphatic heterocycles. The highest BCUT2D eigenvalue weighted by atomic mass is 16.2. The molecular weight excluding hydrogens is 264 g/mol. The van der Waals surface area contributed by atoms with Gasteiger partial charge in [-0.05, 0) is 44.2 Å². The molecule has 1 amide bonds. The quantitative estimate of drug-likeness (QED) is 0.867. The Morgan fingerprint density at radius 3 is 2.57 bits per heavy atom. The summed E-state index contributed by atoms with van der Waals surface area (Å²) < 4.78 is 1.80. The zero-order valence-corrected chi connectivity index (χ0v) is 12.1. The standard InChI is InChI=1S/C16H18N4O/c1-11-2-5-15(19-9-17-18-10-19)13(8-11)16(21)20-7-6-14(20)12-3-4-12/h2,5,8-10,12,14H,3-4,6-7H2,1H3. The molecule has 2 heterocycles. The molecule has 2 aromatic rings. The number of benzene rings is 1. The summed E-state index contributed by atoms with van der Waals surface area (Å²) in [7, 11) is 0. The van der Waals surface area contributed by atoms with Crippen LogP contribution in [0.1, 0.15) is 35.2 Å². The summed E-state index contributed by atoms with van der Waals surface area (Å²) in [5, 5.41) is 7.68. The van der Waals surface area contributed by atoms with Crippen LogP contribution in [0.2, 0.25) is 0 Å². The maximum Gasteiger partial charge on any atom is 0.256 e. The zero-order chi connectivity index (χ0) is 14.4. The summed E-state index contributed by atoms with van der Waals surface area (Å²) >= 11 is 0. The van der Waals surface area contributed by atoms with Crippen LogP contribution in [0.15, 0.2) is 30.9 Å². The maximum absolute atomic E-state index is 12.9. The van der Waals surface area contributed by atoms with E-state index in [4.69, 9.17) is 0 Å². The molecule has 1 aromatic carbocycles. The Morgan fingerprint density at radius 1 is 1.19 bits per heavy atom. The fourth-order valence-corrected chi connectivity index (χ4v) is 3.16. The van der Waals surface area contributed by atoms with Crippen LogP contribution in [0, 0.1) is 12.8 Å². The second-order valence-corrected chi connectivity index (χ2v) is 6.08. The third-order valence-electron chi connectivity index (χ3n) is 4.57. The normalized spacial score (nSPS) is 21.2. The van der Waals surface area contributed by atoms with Gasteiger partial charge in [-0.2, -0.15) is 0 Å². The Bertz CT molecular complexity index is 676. The van der Waals surface area contributed by atoms with Crippen LogP contribution in [-0.4, -0.2) is 38.2 Å². The molecule has 1 saturated carbocycles. The van der Waals surface area contributed by atoms with Gasteiger partial charge in [-0.15, -0.1) is 10.2 Å². The first-order chi connectivity index (χ1) is 10.2. The first-order valence-corrected chi connectivity index (χ1v) is 7.50. The molecule has 1 saturated heterocycles. The summed E-state index contributed by atoms with van der Waals surface area (Å²) in [4.78, 5) is 15.0. The topological polar surface area (TPSA) is 51.0 Å². The number of aromatic nitrogens is 3. The number of aryl methyl sites for hydroxylation is 1. The largest absolute Gasteiger partial charge is 0.335 e. The summed E-state index contributed by atoms with van der Waals surface area (Å²) in [6.45, 7) is 2.90. The minimum Gasteiger partial charge on any atom is -0.335 e. The molecule has 1 aliphatic carbocycles. The molecule has 2 aliphatic rings. The Hall–Kier alpha value is -2.17. The van der Waals surface area contributed by atoms with Crippen molar-refractivity contribution in [3.63, 3.8) is 0 Å². The van der Waals surface area contributed by atoms with E-state index in [-0.39, 0.29) is 5.91 Å². The maximum atomic E-state index is 12.9. The van der Waals surface area contributed by atoms with Crippen molar-refractivity contribution in [2.45, 2.75) is 32.2 Å². The minimum atomic E-state index is 0.144. The Morgan fingerprint density at radius 2 is 1.95 bits per heavy atom. The molecule has 21 heavy (non-hydrogen) atoms. The van der Waals surface area contributed by atoms with E-state index in [0.717, 1.165) is 35.7 Å². The monoisotopic (exact) mass is 282 g/mol. The summed E-state index contributed by atoms with van der Waals surface area (Å²) in [5.74, 6) is 0.886. The predicted octanol–water partition coefficient (Wildman–Crippen LogP) is 2.20. The van der Waals surface area contributed by atoms with Crippen LogP contribution < -0.4 is 0 Å². The minimum absolute atomic E-state index is 0.144. The number of amides is 1. The van der Waals surface area contributed by atoms with Crippen molar-refractivity contribution in [3.05, 3.63) is 42.0 Å². The van der Waals surface area contributed by atoms with Gasteiger partial charge in [0.05, 0.1) is 11.3 Å². The van der Waals surface area contributed by atoms with Crippen LogP contribution in [0.4, 0.5) is 0 Å². The predicted molar refractivity (Wildman–Crippen MR) is 78.3 cm³/mol. The molecule has 0 radical (unpaired) electrons. The second kappa shape index (κ2) is 4.69. The van der Waals surface area contributed by atoms with Gasteiger partial charge in [0.2, 0.25) is 0 Å². The van der Waals surface area contributed by atoms with E-state index in [1.165, 1.54) is 12.8 Å². The van der Waals surface area contributed by atoms with Crippen molar-refractivity contribution in [1.82, 2.24) is 19.7 Å². The first-order valence-electron chi connectivity index (χ1n) is 7.50. The van der Waals surface area contributed by atoms with Crippen molar-refractivity contribution in [1.29, 1.82) is 0 Å². The summed E-state index contributed by atoms with van der Waals surface area (Å²) in [5.41, 5.74) is 2.70. The van der Waals surface area contributed by atoms with Crippen LogP contribution >= 0.6 is 0 Å². The van der Waals surface area contributed by atoms with E-state index in [1.807, 2.05) is 30.0 Å². The fourth-order valence-electron chi connectivity index (χ4n) is 3.16. The molecule has 1 atom stereocenters. The van der Waals surface area contributed by atoms with Crippen molar-refractivity contribution in [2.24, 2.45) is 5.92 Å². The van der Waals surface area contributed by atoms with E-state index in [9.17, 15) is 4.79 Å². The Labute approximate surface area is 123 Å². The van der Waals surface area contributed by atoms with Crippen molar-refractivity contribution in [3.8, 4) is 5.69 Å². The third kappa shape index (κ3) is 2.13. The number of nitrogens with zero attached hydrogens (tertiary/aromatic N) is 4. The second-order valence-electron chi connectivity index (χ2n) is 6.08. The molecular formula is C16H18N4O. The lowest BCUT2D eigenvalue weighted by atomic mass is 9.96. The van der Waals surface area contributed by atoms with E-state index in [1.54, 1.807) is 17.2 Å². The highest BCUT2D eigenvalue weighted by Gasteiger charge is 2.43. The number of likely N-dealkylation sites (tertiary alicyclic amines) is 1. The molecule has 0 bridgehead atoms. The van der Waals surface area contributed by atoms with Crippen LogP contribution in [0.25, 0.3) is 5.69 Å². The van der Waals surface area contributed by atoms with E-state index in [2.05, 4.69) is 10.2 Å². The van der Waals surface area contributed by atoms with Crippen molar-refractivity contribution < 1.29 is 4.79 Å². The van der Waals surface area contributed by atoms with E-state index in [0.29, 0.717) is 6.04 Å². The lowest BCUT2D eigenvalue weighted by Gasteiger charge is -2.41. The number of carbonyl (C=O) groups excluding carboxylic acids is 1. The van der Waals surface area contributed by atoms with Gasteiger partial charge < -0.3 is 4.90 Å². The molecule has 4 rings (SSSR count). The van der Waals surface area contributed by atoms with Crippen LogP contribution in [-0.2, 0) is 0 Å². The summed E-state index contributed by atoms with van der Waals surface area (Å²) in [6, 6.07) is 6.42. The van der Waals surface area contributed by atoms with Gasteiger partial charge in [0.25, 0.3) is 5.91 Å². The molecule has 1 unspecified atom stereocenters. The molecule has 108 valence electrons. The van der Waals surface area contributed by atoms with Gasteiger partial charge in [0.15, 0.2) is 0 Å². The molecule has 2 fully saturated rings. The van der Waals surface area contributed by atoms with Crippen molar-refractivity contribution in [2.75, 3.05) is 6.54 Å².